The topological polar surface area (TPSA) is 75.2 Å². The van der Waals surface area contributed by atoms with E-state index in [1.54, 1.807) is 0 Å². The van der Waals surface area contributed by atoms with E-state index in [1.807, 2.05) is 18.2 Å². The van der Waals surface area contributed by atoms with Gasteiger partial charge < -0.3 is 14.8 Å². The maximum atomic E-state index is 10.4. The second-order valence-electron chi connectivity index (χ2n) is 4.82. The number of nitrogens with zero attached hydrogens (tertiary/aromatic N) is 1. The zero-order valence-corrected chi connectivity index (χ0v) is 11.1. The van der Waals surface area contributed by atoms with Gasteiger partial charge in [-0.15, -0.1) is 0 Å². The Morgan fingerprint density at radius 2 is 2.26 bits per heavy atom. The Hall–Kier alpha value is -1.88. The lowest BCUT2D eigenvalue weighted by atomic mass is 10.2. The number of benzene rings is 1. The summed E-state index contributed by atoms with van der Waals surface area (Å²) in [5, 5.41) is 8.51. The number of carbonyl (C=O) groups is 1. The summed E-state index contributed by atoms with van der Waals surface area (Å²) in [7, 11) is 0. The fourth-order valence-electron chi connectivity index (χ4n) is 1.79. The number of carboxylic acids is 1. The van der Waals surface area contributed by atoms with E-state index < -0.39 is 5.97 Å². The molecule has 0 aliphatic heterocycles. The van der Waals surface area contributed by atoms with Crippen LogP contribution in [-0.4, -0.2) is 27.7 Å². The van der Waals surface area contributed by atoms with Crippen molar-refractivity contribution in [2.75, 3.05) is 6.61 Å². The Balaban J connectivity index is 2.02. The van der Waals surface area contributed by atoms with Crippen LogP contribution in [0.1, 0.15) is 37.6 Å². The first-order valence-corrected chi connectivity index (χ1v) is 6.34. The quantitative estimate of drug-likeness (QED) is 0.785. The normalized spacial score (nSPS) is 11.3. The number of aromatic nitrogens is 2. The van der Waals surface area contributed by atoms with Gasteiger partial charge in [0.05, 0.1) is 30.7 Å². The van der Waals surface area contributed by atoms with Gasteiger partial charge in [-0.2, -0.15) is 0 Å². The SMILES string of the molecule is CC(C)c1nc2ccc(COCCC(=O)O)cc2[nH]1. The molecule has 102 valence electrons. The lowest BCUT2D eigenvalue weighted by Crippen LogP contribution is -2.02. The van der Waals surface area contributed by atoms with Crippen molar-refractivity contribution in [3.8, 4) is 0 Å². The number of H-pyrrole nitrogens is 1. The molecule has 0 amide bonds. The van der Waals surface area contributed by atoms with Crippen LogP contribution in [0.25, 0.3) is 11.0 Å². The summed E-state index contributed by atoms with van der Waals surface area (Å²) in [6.07, 6.45) is 0.0315. The average molecular weight is 262 g/mol. The molecule has 0 saturated carbocycles. The van der Waals surface area contributed by atoms with E-state index in [4.69, 9.17) is 9.84 Å². The van der Waals surface area contributed by atoms with E-state index in [2.05, 4.69) is 23.8 Å². The van der Waals surface area contributed by atoms with Crippen LogP contribution in [0, 0.1) is 0 Å². The van der Waals surface area contributed by atoms with Crippen LogP contribution in [0.15, 0.2) is 18.2 Å². The number of imidazole rings is 1. The Bertz CT molecular complexity index is 575. The second kappa shape index (κ2) is 5.84. The molecule has 1 aromatic heterocycles. The van der Waals surface area contributed by atoms with Crippen molar-refractivity contribution >= 4 is 17.0 Å². The molecule has 0 bridgehead atoms. The number of hydrogen-bond donors (Lipinski definition) is 2. The third-order valence-electron chi connectivity index (χ3n) is 2.84. The van der Waals surface area contributed by atoms with E-state index in [-0.39, 0.29) is 13.0 Å². The van der Waals surface area contributed by atoms with Gasteiger partial charge in [-0.3, -0.25) is 4.79 Å². The molecular weight excluding hydrogens is 244 g/mol. The van der Waals surface area contributed by atoms with Crippen LogP contribution >= 0.6 is 0 Å². The standard InChI is InChI=1S/C14H18N2O3/c1-9(2)14-15-11-4-3-10(7-12(11)16-14)8-19-6-5-13(17)18/h3-4,7,9H,5-6,8H2,1-2H3,(H,15,16)(H,17,18). The van der Waals surface area contributed by atoms with Crippen LogP contribution < -0.4 is 0 Å². The van der Waals surface area contributed by atoms with Gasteiger partial charge in [0.1, 0.15) is 5.82 Å². The van der Waals surface area contributed by atoms with Crippen LogP contribution in [0.4, 0.5) is 0 Å². The van der Waals surface area contributed by atoms with Crippen molar-refractivity contribution in [3.05, 3.63) is 29.6 Å². The Morgan fingerprint density at radius 3 is 2.95 bits per heavy atom. The zero-order chi connectivity index (χ0) is 13.8. The first-order chi connectivity index (χ1) is 9.06. The molecule has 0 fully saturated rings. The van der Waals surface area contributed by atoms with Gasteiger partial charge in [-0.1, -0.05) is 19.9 Å². The van der Waals surface area contributed by atoms with Gasteiger partial charge in [0.25, 0.3) is 0 Å². The maximum Gasteiger partial charge on any atom is 0.305 e. The molecule has 0 spiro atoms. The van der Waals surface area contributed by atoms with Crippen LogP contribution in [0.2, 0.25) is 0 Å². The van der Waals surface area contributed by atoms with Crippen molar-refractivity contribution in [2.45, 2.75) is 32.8 Å². The average Bonchev–Trinajstić information content (AvgIpc) is 2.77. The van der Waals surface area contributed by atoms with Crippen molar-refractivity contribution in [1.82, 2.24) is 9.97 Å². The molecule has 0 unspecified atom stereocenters. The minimum Gasteiger partial charge on any atom is -0.481 e. The van der Waals surface area contributed by atoms with Crippen LogP contribution in [0.5, 0.6) is 0 Å². The molecule has 0 atom stereocenters. The molecule has 1 aromatic carbocycles. The summed E-state index contributed by atoms with van der Waals surface area (Å²) in [6, 6.07) is 5.90. The number of aliphatic carboxylic acids is 1. The molecule has 0 saturated heterocycles. The van der Waals surface area contributed by atoms with E-state index in [0.29, 0.717) is 12.5 Å². The Morgan fingerprint density at radius 1 is 1.47 bits per heavy atom. The fraction of sp³-hybridized carbons (Fsp3) is 0.429. The van der Waals surface area contributed by atoms with Crippen LogP contribution in [-0.2, 0) is 16.1 Å². The number of nitrogens with one attached hydrogen (secondary N) is 1. The second-order valence-corrected chi connectivity index (χ2v) is 4.82. The summed E-state index contributed by atoms with van der Waals surface area (Å²) in [5.41, 5.74) is 2.94. The minimum absolute atomic E-state index is 0.0315. The summed E-state index contributed by atoms with van der Waals surface area (Å²) in [6.45, 7) is 4.83. The van der Waals surface area contributed by atoms with Gasteiger partial charge in [-0.25, -0.2) is 4.98 Å². The minimum atomic E-state index is -0.842. The predicted octanol–water partition coefficient (Wildman–Crippen LogP) is 2.68. The molecule has 2 rings (SSSR count). The monoisotopic (exact) mass is 262 g/mol. The van der Waals surface area contributed by atoms with Gasteiger partial charge in [0, 0.05) is 5.92 Å². The molecule has 19 heavy (non-hydrogen) atoms. The zero-order valence-electron chi connectivity index (χ0n) is 11.1. The predicted molar refractivity (Wildman–Crippen MR) is 72.1 cm³/mol. The van der Waals surface area contributed by atoms with E-state index >= 15 is 0 Å². The highest BCUT2D eigenvalue weighted by Gasteiger charge is 2.07. The summed E-state index contributed by atoms with van der Waals surface area (Å²) >= 11 is 0. The van der Waals surface area contributed by atoms with Gasteiger partial charge in [0.15, 0.2) is 0 Å². The van der Waals surface area contributed by atoms with E-state index in [1.165, 1.54) is 0 Å². The van der Waals surface area contributed by atoms with Gasteiger partial charge in [0.2, 0.25) is 0 Å². The molecule has 1 heterocycles. The third-order valence-corrected chi connectivity index (χ3v) is 2.84. The molecule has 0 aliphatic carbocycles. The third kappa shape index (κ3) is 3.54. The number of carboxylic acid groups (broad SMARTS) is 1. The van der Waals surface area contributed by atoms with Gasteiger partial charge in [-0.05, 0) is 17.7 Å². The molecule has 0 aliphatic rings. The smallest absolute Gasteiger partial charge is 0.305 e. The molecule has 0 radical (unpaired) electrons. The van der Waals surface area contributed by atoms with Crippen LogP contribution in [0.3, 0.4) is 0 Å². The lowest BCUT2D eigenvalue weighted by molar-refractivity contribution is -0.138. The highest BCUT2D eigenvalue weighted by Crippen LogP contribution is 2.18. The van der Waals surface area contributed by atoms with Crippen molar-refractivity contribution in [3.63, 3.8) is 0 Å². The molecule has 2 aromatic rings. The summed E-state index contributed by atoms with van der Waals surface area (Å²) < 4.78 is 5.32. The Labute approximate surface area is 111 Å². The lowest BCUT2D eigenvalue weighted by Gasteiger charge is -2.02. The first kappa shape index (κ1) is 13.5. The highest BCUT2D eigenvalue weighted by atomic mass is 16.5. The number of ether oxygens (including phenoxy) is 1. The summed E-state index contributed by atoms with van der Waals surface area (Å²) in [5.74, 6) is 0.493. The Kier molecular flexibility index (Phi) is 4.16. The number of fused-ring (bicyclic) bond motifs is 1. The number of aromatic amines is 1. The largest absolute Gasteiger partial charge is 0.481 e. The number of hydrogen-bond acceptors (Lipinski definition) is 3. The first-order valence-electron chi connectivity index (χ1n) is 6.34. The van der Waals surface area contributed by atoms with E-state index in [0.717, 1.165) is 22.4 Å². The van der Waals surface area contributed by atoms with Crippen molar-refractivity contribution in [1.29, 1.82) is 0 Å². The maximum absolute atomic E-state index is 10.4. The van der Waals surface area contributed by atoms with Crippen molar-refractivity contribution < 1.29 is 14.6 Å². The molecule has 5 nitrogen and oxygen atoms in total. The summed E-state index contributed by atoms with van der Waals surface area (Å²) in [4.78, 5) is 18.1. The highest BCUT2D eigenvalue weighted by molar-refractivity contribution is 5.75. The molecule has 2 N–H and O–H groups in total. The number of rotatable bonds is 6. The molecule has 5 heteroatoms. The van der Waals surface area contributed by atoms with Gasteiger partial charge >= 0.3 is 5.97 Å². The van der Waals surface area contributed by atoms with Crippen molar-refractivity contribution in [2.24, 2.45) is 0 Å². The molecular formula is C14H18N2O3. The fourth-order valence-corrected chi connectivity index (χ4v) is 1.79. The van der Waals surface area contributed by atoms with E-state index in [9.17, 15) is 4.79 Å².